The number of aromatic nitrogens is 1. The summed E-state index contributed by atoms with van der Waals surface area (Å²) in [4.78, 5) is 17.4. The fourth-order valence-corrected chi connectivity index (χ4v) is 1.39. The quantitative estimate of drug-likeness (QED) is 0.750. The molecule has 0 saturated carbocycles. The largest absolute Gasteiger partial charge is 0.342 e. The van der Waals surface area contributed by atoms with E-state index in [9.17, 15) is 4.79 Å². The molecule has 0 aliphatic carbocycles. The minimum Gasteiger partial charge on any atom is -0.342 e. The number of carbonyl (C=O) groups is 1. The van der Waals surface area contributed by atoms with Crippen LogP contribution in [0.1, 0.15) is 19.4 Å². The van der Waals surface area contributed by atoms with Crippen LogP contribution in [-0.4, -0.2) is 42.0 Å². The number of amides is 1. The summed E-state index contributed by atoms with van der Waals surface area (Å²) in [5, 5.41) is 3.16. The van der Waals surface area contributed by atoms with Gasteiger partial charge in [-0.25, -0.2) is 0 Å². The number of likely N-dealkylation sites (N-methyl/N-ethyl adjacent to an activating group) is 1. The van der Waals surface area contributed by atoms with Gasteiger partial charge in [0.15, 0.2) is 0 Å². The molecule has 0 radical (unpaired) electrons. The Balaban J connectivity index is 2.18. The van der Waals surface area contributed by atoms with Gasteiger partial charge >= 0.3 is 0 Å². The van der Waals surface area contributed by atoms with E-state index in [0.717, 1.165) is 13.0 Å². The summed E-state index contributed by atoms with van der Waals surface area (Å²) in [6.07, 6.45) is 4.49. The van der Waals surface area contributed by atoms with Crippen molar-refractivity contribution < 1.29 is 4.79 Å². The third-order valence-corrected chi connectivity index (χ3v) is 2.78. The number of pyridine rings is 1. The van der Waals surface area contributed by atoms with E-state index < -0.39 is 0 Å². The van der Waals surface area contributed by atoms with Gasteiger partial charge < -0.3 is 10.2 Å². The Bertz CT molecular complexity index is 338. The molecule has 94 valence electrons. The molecule has 1 rings (SSSR count). The highest BCUT2D eigenvalue weighted by atomic mass is 16.2. The lowest BCUT2D eigenvalue weighted by atomic mass is 10.2. The average Bonchev–Trinajstić information content (AvgIpc) is 2.34. The second-order valence-electron chi connectivity index (χ2n) is 4.38. The van der Waals surface area contributed by atoms with E-state index in [1.54, 1.807) is 17.3 Å². The first-order valence-corrected chi connectivity index (χ1v) is 5.96. The Kier molecular flexibility index (Phi) is 5.63. The monoisotopic (exact) mass is 235 g/mol. The summed E-state index contributed by atoms with van der Waals surface area (Å²) in [6.45, 7) is 5.23. The Morgan fingerprint density at radius 3 is 2.65 bits per heavy atom. The van der Waals surface area contributed by atoms with Crippen molar-refractivity contribution in [1.82, 2.24) is 15.2 Å². The van der Waals surface area contributed by atoms with Gasteiger partial charge in [-0.2, -0.15) is 0 Å². The van der Waals surface area contributed by atoms with Crippen LogP contribution >= 0.6 is 0 Å². The second-order valence-corrected chi connectivity index (χ2v) is 4.38. The van der Waals surface area contributed by atoms with Gasteiger partial charge in [-0.05, 0) is 44.5 Å². The molecule has 0 saturated heterocycles. The third-order valence-electron chi connectivity index (χ3n) is 2.78. The molecule has 0 fully saturated rings. The number of nitrogens with one attached hydrogen (secondary N) is 1. The summed E-state index contributed by atoms with van der Waals surface area (Å²) in [5.41, 5.74) is 1.23. The molecule has 0 aromatic carbocycles. The van der Waals surface area contributed by atoms with Crippen LogP contribution in [0.3, 0.4) is 0 Å². The molecule has 0 aliphatic heterocycles. The van der Waals surface area contributed by atoms with E-state index in [0.29, 0.717) is 6.54 Å². The predicted molar refractivity (Wildman–Crippen MR) is 68.7 cm³/mol. The lowest BCUT2D eigenvalue weighted by Gasteiger charge is -2.21. The molecule has 4 nitrogen and oxygen atoms in total. The van der Waals surface area contributed by atoms with Gasteiger partial charge in [0.25, 0.3) is 0 Å². The summed E-state index contributed by atoms with van der Waals surface area (Å²) < 4.78 is 0. The highest BCUT2D eigenvalue weighted by Gasteiger charge is 2.10. The molecule has 1 N–H and O–H groups in total. The van der Waals surface area contributed by atoms with Crippen LogP contribution in [0, 0.1) is 0 Å². The molecule has 1 aromatic rings. The summed E-state index contributed by atoms with van der Waals surface area (Å²) in [7, 11) is 1.83. The van der Waals surface area contributed by atoms with Crippen molar-refractivity contribution in [2.45, 2.75) is 26.3 Å². The molecule has 1 amide bonds. The smallest absolute Gasteiger partial charge is 0.236 e. The minimum absolute atomic E-state index is 0.134. The van der Waals surface area contributed by atoms with Gasteiger partial charge in [0.1, 0.15) is 0 Å². The zero-order chi connectivity index (χ0) is 12.7. The molecular weight excluding hydrogens is 214 g/mol. The zero-order valence-electron chi connectivity index (χ0n) is 10.8. The van der Waals surface area contributed by atoms with Crippen molar-refractivity contribution in [3.63, 3.8) is 0 Å². The number of hydrogen-bond acceptors (Lipinski definition) is 3. The molecule has 0 unspecified atom stereocenters. The van der Waals surface area contributed by atoms with Crippen LogP contribution < -0.4 is 5.32 Å². The van der Waals surface area contributed by atoms with Crippen LogP contribution in [-0.2, 0) is 11.2 Å². The number of hydrogen-bond donors (Lipinski definition) is 1. The number of carbonyl (C=O) groups excluding carboxylic acids is 1. The normalized spacial score (nSPS) is 10.6. The second kappa shape index (κ2) is 7.01. The average molecular weight is 235 g/mol. The maximum absolute atomic E-state index is 11.6. The molecule has 0 spiro atoms. The Hall–Kier alpha value is -1.42. The van der Waals surface area contributed by atoms with Crippen LogP contribution in [0.25, 0.3) is 0 Å². The number of nitrogens with zero attached hydrogens (tertiary/aromatic N) is 2. The highest BCUT2D eigenvalue weighted by molar-refractivity contribution is 5.78. The Morgan fingerprint density at radius 1 is 1.41 bits per heavy atom. The van der Waals surface area contributed by atoms with Gasteiger partial charge in [0.2, 0.25) is 5.91 Å². The van der Waals surface area contributed by atoms with Crippen LogP contribution in [0.4, 0.5) is 0 Å². The maximum Gasteiger partial charge on any atom is 0.236 e. The first kappa shape index (κ1) is 13.6. The zero-order valence-corrected chi connectivity index (χ0v) is 10.8. The van der Waals surface area contributed by atoms with Crippen molar-refractivity contribution in [2.24, 2.45) is 0 Å². The van der Waals surface area contributed by atoms with Crippen molar-refractivity contribution in [2.75, 3.05) is 20.1 Å². The lowest BCUT2D eigenvalue weighted by molar-refractivity contribution is -0.130. The molecule has 4 heteroatoms. The van der Waals surface area contributed by atoms with Gasteiger partial charge in [-0.1, -0.05) is 0 Å². The fraction of sp³-hybridized carbons (Fsp3) is 0.538. The van der Waals surface area contributed by atoms with Crippen molar-refractivity contribution in [1.29, 1.82) is 0 Å². The lowest BCUT2D eigenvalue weighted by Crippen LogP contribution is -2.39. The highest BCUT2D eigenvalue weighted by Crippen LogP contribution is 1.96. The molecule has 1 aromatic heterocycles. The molecule has 0 atom stereocenters. The molecule has 17 heavy (non-hydrogen) atoms. The Labute approximate surface area is 103 Å². The molecule has 1 heterocycles. The van der Waals surface area contributed by atoms with Gasteiger partial charge in [-0.3, -0.25) is 9.78 Å². The number of rotatable bonds is 6. The predicted octanol–water partition coefficient (Wildman–Crippen LogP) is 1.08. The third kappa shape index (κ3) is 4.95. The summed E-state index contributed by atoms with van der Waals surface area (Å²) in [5.74, 6) is 0.134. The molecular formula is C13H21N3O. The van der Waals surface area contributed by atoms with E-state index in [2.05, 4.69) is 10.3 Å². The van der Waals surface area contributed by atoms with E-state index in [-0.39, 0.29) is 11.9 Å². The summed E-state index contributed by atoms with van der Waals surface area (Å²) >= 11 is 0. The standard InChI is InChI=1S/C13H21N3O/c1-11(2)16(3)13(17)10-15-9-6-12-4-7-14-8-5-12/h4-5,7-8,11,15H,6,9-10H2,1-3H3. The van der Waals surface area contributed by atoms with Crippen molar-refractivity contribution >= 4 is 5.91 Å². The fourth-order valence-electron chi connectivity index (χ4n) is 1.39. The first-order valence-electron chi connectivity index (χ1n) is 5.96. The van der Waals surface area contributed by atoms with Gasteiger partial charge in [0, 0.05) is 25.5 Å². The van der Waals surface area contributed by atoms with Crippen molar-refractivity contribution in [3.8, 4) is 0 Å². The minimum atomic E-state index is 0.134. The van der Waals surface area contributed by atoms with E-state index in [4.69, 9.17) is 0 Å². The van der Waals surface area contributed by atoms with Crippen LogP contribution in [0.2, 0.25) is 0 Å². The molecule has 0 bridgehead atoms. The Morgan fingerprint density at radius 2 is 2.06 bits per heavy atom. The van der Waals surface area contributed by atoms with Gasteiger partial charge in [-0.15, -0.1) is 0 Å². The van der Waals surface area contributed by atoms with Gasteiger partial charge in [0.05, 0.1) is 6.54 Å². The molecule has 0 aliphatic rings. The van der Waals surface area contributed by atoms with E-state index in [1.165, 1.54) is 5.56 Å². The first-order chi connectivity index (χ1) is 8.11. The maximum atomic E-state index is 11.6. The van der Waals surface area contributed by atoms with Crippen molar-refractivity contribution in [3.05, 3.63) is 30.1 Å². The van der Waals surface area contributed by atoms with Crippen LogP contribution in [0.5, 0.6) is 0 Å². The topological polar surface area (TPSA) is 45.2 Å². The van der Waals surface area contributed by atoms with E-state index >= 15 is 0 Å². The SMILES string of the molecule is CC(C)N(C)C(=O)CNCCc1ccncc1. The van der Waals surface area contributed by atoms with Crippen LogP contribution in [0.15, 0.2) is 24.5 Å². The van der Waals surface area contributed by atoms with E-state index in [1.807, 2.05) is 33.0 Å². The summed E-state index contributed by atoms with van der Waals surface area (Å²) in [6, 6.07) is 4.23.